The molecular weight excluding hydrogens is 524 g/mol. The second-order valence-electron chi connectivity index (χ2n) is 8.58. The molecule has 0 atom stereocenters. The molecule has 8 nitrogen and oxygen atoms in total. The van der Waals surface area contributed by atoms with Crippen LogP contribution in [0.1, 0.15) is 44.4 Å². The van der Waals surface area contributed by atoms with E-state index in [2.05, 4.69) is 114 Å². The fraction of sp³-hybridized carbons (Fsp3) is 0.321. The van der Waals surface area contributed by atoms with E-state index < -0.39 is 10.2 Å². The maximum Gasteiger partial charge on any atom is 0.199 e. The second kappa shape index (κ2) is 13.2. The number of hydrogen-bond acceptors (Lipinski definition) is 8. The third-order valence-corrected chi connectivity index (χ3v) is 6.98. The van der Waals surface area contributed by atoms with Gasteiger partial charge in [0.2, 0.25) is 0 Å². The Kier molecular flexibility index (Phi) is 10.3. The average Bonchev–Trinajstić information content (AvgIpc) is 3.39. The molecule has 1 aromatic heterocycles. The Hall–Kier alpha value is -2.92. The first-order valence-electron chi connectivity index (χ1n) is 12.5. The quantitative estimate of drug-likeness (QED) is 0.404. The summed E-state index contributed by atoms with van der Waals surface area (Å²) in [6.07, 6.45) is 8.95. The summed E-state index contributed by atoms with van der Waals surface area (Å²) in [5.74, 6) is 0. The van der Waals surface area contributed by atoms with Gasteiger partial charge < -0.3 is 4.90 Å². The number of rotatable bonds is 7. The third kappa shape index (κ3) is 7.35. The highest BCUT2D eigenvalue weighted by atomic mass is 35.7. The van der Waals surface area contributed by atoms with E-state index in [0.29, 0.717) is 0 Å². The summed E-state index contributed by atoms with van der Waals surface area (Å²) in [6.45, 7) is 14.9. The highest BCUT2D eigenvalue weighted by Crippen LogP contribution is 2.35. The molecule has 38 heavy (non-hydrogen) atoms. The maximum absolute atomic E-state index is 8.49. The summed E-state index contributed by atoms with van der Waals surface area (Å²) in [5.41, 5.74) is 10.4. The highest BCUT2D eigenvalue weighted by Gasteiger charge is 2.18. The van der Waals surface area contributed by atoms with Crippen molar-refractivity contribution in [3.63, 3.8) is 0 Å². The van der Waals surface area contributed by atoms with Crippen molar-refractivity contribution < 1.29 is 33.5 Å². The Bertz CT molecular complexity index is 1340. The lowest BCUT2D eigenvalue weighted by atomic mass is 9.89. The predicted molar refractivity (Wildman–Crippen MR) is 143 cm³/mol. The van der Waals surface area contributed by atoms with Gasteiger partial charge in [-0.3, -0.25) is 0 Å². The van der Waals surface area contributed by atoms with Crippen LogP contribution in [0.4, 0.5) is 5.69 Å². The monoisotopic (exact) mass is 556 g/mol. The molecule has 0 bridgehead atoms. The van der Waals surface area contributed by atoms with Crippen LogP contribution in [0.2, 0.25) is 0 Å². The van der Waals surface area contributed by atoms with Crippen LogP contribution in [0.15, 0.2) is 66.3 Å². The minimum Gasteiger partial charge on any atom is -0.372 e. The average molecular weight is 557 g/mol. The Morgan fingerprint density at radius 3 is 1.89 bits per heavy atom. The molecule has 3 aromatic rings. The van der Waals surface area contributed by atoms with Crippen LogP contribution < -0.4 is 23.5 Å². The van der Waals surface area contributed by atoms with Crippen molar-refractivity contribution in [1.82, 2.24) is 8.75 Å². The van der Waals surface area contributed by atoms with Gasteiger partial charge in [0.15, 0.2) is 5.71 Å². The van der Waals surface area contributed by atoms with Crippen LogP contribution in [-0.2, 0) is 0 Å². The Balaban J connectivity index is 0.000000732. The van der Waals surface area contributed by atoms with E-state index in [1.165, 1.54) is 39.8 Å². The highest BCUT2D eigenvalue weighted by molar-refractivity contribution is 7.00. The second-order valence-corrected chi connectivity index (χ2v) is 9.87. The Morgan fingerprint density at radius 2 is 1.37 bits per heavy atom. The van der Waals surface area contributed by atoms with Gasteiger partial charge in [-0.25, -0.2) is 23.2 Å². The molecule has 0 amide bonds. The van der Waals surface area contributed by atoms with Crippen molar-refractivity contribution in [2.24, 2.45) is 0 Å². The lowest BCUT2D eigenvalue weighted by Gasteiger charge is -2.22. The van der Waals surface area contributed by atoms with E-state index in [-0.39, 0.29) is 0 Å². The number of aryl methyl sites for hydroxylation is 1. The molecule has 0 unspecified atom stereocenters. The molecule has 0 spiro atoms. The van der Waals surface area contributed by atoms with E-state index in [1.807, 2.05) is 0 Å². The molecule has 0 fully saturated rings. The van der Waals surface area contributed by atoms with Gasteiger partial charge in [0, 0.05) is 36.5 Å². The maximum atomic E-state index is 8.49. The SMILES string of the molecule is CCN(CC)c1ccc(C(=C2C=CC(=[N+](CC)CC)C=C2)c2ccc(C)c3nsnc23)cc1.[O-][Cl+3]([O-])([O-])[O-]. The molecule has 0 N–H and O–H groups in total. The normalized spacial score (nSPS) is 13.0. The topological polar surface area (TPSA) is 124 Å². The first kappa shape index (κ1) is 29.6. The number of hydrogen-bond donors (Lipinski definition) is 0. The van der Waals surface area contributed by atoms with Crippen LogP contribution in [0.3, 0.4) is 0 Å². The van der Waals surface area contributed by atoms with Crippen LogP contribution in [-0.4, -0.2) is 45.2 Å². The molecule has 1 aliphatic carbocycles. The zero-order chi connectivity index (χ0) is 27.9. The summed E-state index contributed by atoms with van der Waals surface area (Å²) >= 11 is 1.29. The summed E-state index contributed by atoms with van der Waals surface area (Å²) in [4.78, 5) is 2.37. The summed E-state index contributed by atoms with van der Waals surface area (Å²) < 4.78 is 45.6. The molecule has 202 valence electrons. The van der Waals surface area contributed by atoms with E-state index in [0.717, 1.165) is 48.3 Å². The third-order valence-electron chi connectivity index (χ3n) is 6.46. The number of allylic oxidation sites excluding steroid dienone is 5. The van der Waals surface area contributed by atoms with Crippen molar-refractivity contribution >= 4 is 39.7 Å². The fourth-order valence-electron chi connectivity index (χ4n) is 4.52. The summed E-state index contributed by atoms with van der Waals surface area (Å²) in [5, 5.41) is 0. The van der Waals surface area contributed by atoms with Gasteiger partial charge in [0.1, 0.15) is 24.1 Å². The molecule has 1 heterocycles. The molecule has 1 aliphatic rings. The first-order valence-corrected chi connectivity index (χ1v) is 14.5. The zero-order valence-electron chi connectivity index (χ0n) is 22.3. The molecular formula is C28H33ClN4O4S. The number of fused-ring (bicyclic) bond motifs is 1. The number of halogens is 1. The molecule has 0 saturated heterocycles. The Labute approximate surface area is 230 Å². The van der Waals surface area contributed by atoms with Gasteiger partial charge in [-0.2, -0.15) is 8.75 Å². The largest absolute Gasteiger partial charge is 0.372 e. The van der Waals surface area contributed by atoms with Gasteiger partial charge in [-0.05, 0) is 81.2 Å². The van der Waals surface area contributed by atoms with Crippen LogP contribution in [0.25, 0.3) is 16.6 Å². The molecule has 0 saturated carbocycles. The molecule has 0 radical (unpaired) electrons. The minimum atomic E-state index is -4.94. The van der Waals surface area contributed by atoms with Crippen molar-refractivity contribution in [3.8, 4) is 0 Å². The van der Waals surface area contributed by atoms with Gasteiger partial charge in [-0.15, -0.1) is 10.2 Å². The van der Waals surface area contributed by atoms with Crippen LogP contribution >= 0.6 is 11.7 Å². The van der Waals surface area contributed by atoms with E-state index in [1.54, 1.807) is 0 Å². The fourth-order valence-corrected chi connectivity index (χ4v) is 5.14. The Morgan fingerprint density at radius 1 is 0.816 bits per heavy atom. The van der Waals surface area contributed by atoms with Gasteiger partial charge in [-0.1, -0.05) is 24.3 Å². The zero-order valence-corrected chi connectivity index (χ0v) is 23.9. The minimum absolute atomic E-state index is 0.982. The van der Waals surface area contributed by atoms with Gasteiger partial charge in [0.25, 0.3) is 0 Å². The van der Waals surface area contributed by atoms with E-state index in [9.17, 15) is 0 Å². The summed E-state index contributed by atoms with van der Waals surface area (Å²) in [6, 6.07) is 13.3. The van der Waals surface area contributed by atoms with Gasteiger partial charge >= 0.3 is 0 Å². The predicted octanol–water partition coefficient (Wildman–Crippen LogP) is 1.51. The number of nitrogens with zero attached hydrogens (tertiary/aromatic N) is 4. The lowest BCUT2D eigenvalue weighted by molar-refractivity contribution is -2.00. The summed E-state index contributed by atoms with van der Waals surface area (Å²) in [7, 11) is -4.94. The molecule has 4 rings (SSSR count). The molecule has 2 aromatic carbocycles. The van der Waals surface area contributed by atoms with E-state index >= 15 is 0 Å². The number of aromatic nitrogens is 2. The number of benzene rings is 2. The van der Waals surface area contributed by atoms with E-state index in [4.69, 9.17) is 18.6 Å². The van der Waals surface area contributed by atoms with Crippen molar-refractivity contribution in [2.75, 3.05) is 31.1 Å². The van der Waals surface area contributed by atoms with Crippen molar-refractivity contribution in [2.45, 2.75) is 34.6 Å². The molecule has 10 heteroatoms. The number of anilines is 1. The standard InChI is InChI=1S/C28H33N4S.ClHO4/c1-6-31(7-2)23-15-11-21(12-16-23)26(22-13-17-24(18-14-22)32(8-3)9-4)25-19-10-20(5)27-28(25)30-33-29-27;2-1(3,4)5/h10-19H,6-9H2,1-5H3;(H,2,3,4,5)/q+1;/p-1. The van der Waals surface area contributed by atoms with Crippen molar-refractivity contribution in [1.29, 1.82) is 0 Å². The van der Waals surface area contributed by atoms with Gasteiger partial charge in [0.05, 0.1) is 11.7 Å². The smallest absolute Gasteiger partial charge is 0.199 e. The lowest BCUT2D eigenvalue weighted by Crippen LogP contribution is -2.68. The van der Waals surface area contributed by atoms with Crippen LogP contribution in [0.5, 0.6) is 0 Å². The van der Waals surface area contributed by atoms with Crippen LogP contribution in [0, 0.1) is 17.2 Å². The molecule has 0 aliphatic heterocycles. The first-order chi connectivity index (χ1) is 18.1. The van der Waals surface area contributed by atoms with Crippen molar-refractivity contribution in [3.05, 3.63) is 83.0 Å².